The molecule has 1 rings (SSSR count). The zero-order chi connectivity index (χ0) is 12.2. The van der Waals surface area contributed by atoms with E-state index in [1.807, 2.05) is 20.8 Å². The molecule has 0 aliphatic carbocycles. The molecule has 0 spiro atoms. The van der Waals surface area contributed by atoms with Crippen molar-refractivity contribution >= 4 is 11.7 Å². The van der Waals surface area contributed by atoms with Crippen LogP contribution in [0.1, 0.15) is 33.6 Å². The Morgan fingerprint density at radius 1 is 1.44 bits per heavy atom. The maximum Gasteiger partial charge on any atom is 0.330 e. The predicted octanol–water partition coefficient (Wildman–Crippen LogP) is 1.59. The van der Waals surface area contributed by atoms with Gasteiger partial charge in [-0.2, -0.15) is 0 Å². The lowest BCUT2D eigenvalue weighted by Gasteiger charge is -2.28. The van der Waals surface area contributed by atoms with Crippen molar-refractivity contribution in [3.63, 3.8) is 0 Å². The number of carbonyl (C=O) groups excluding carboxylic acids is 1. The average Bonchev–Trinajstić information content (AvgIpc) is 2.17. The van der Waals surface area contributed by atoms with Crippen molar-refractivity contribution in [2.75, 3.05) is 20.2 Å². The normalized spacial score (nSPS) is 20.9. The zero-order valence-corrected chi connectivity index (χ0v) is 10.4. The molecule has 5 nitrogen and oxygen atoms in total. The minimum atomic E-state index is -0.476. The first-order chi connectivity index (χ1) is 7.43. The molecule has 1 fully saturated rings. The largest absolute Gasteiger partial charge is 0.399 e. The van der Waals surface area contributed by atoms with Crippen molar-refractivity contribution in [1.82, 2.24) is 5.06 Å². The Hall–Kier alpha value is -1.10. The topological polar surface area (TPSA) is 51.1 Å². The monoisotopic (exact) mass is 228 g/mol. The number of hydrogen-bond donors (Lipinski definition) is 0. The molecule has 1 aliphatic heterocycles. The Labute approximate surface area is 96.3 Å². The summed E-state index contributed by atoms with van der Waals surface area (Å²) in [6, 6.07) is 0. The van der Waals surface area contributed by atoms with E-state index >= 15 is 0 Å². The van der Waals surface area contributed by atoms with Gasteiger partial charge in [-0.25, -0.2) is 4.79 Å². The van der Waals surface area contributed by atoms with Crippen molar-refractivity contribution in [3.05, 3.63) is 0 Å². The number of hydroxylamine groups is 2. The van der Waals surface area contributed by atoms with E-state index in [2.05, 4.69) is 5.16 Å². The van der Waals surface area contributed by atoms with Crippen molar-refractivity contribution in [2.45, 2.75) is 33.6 Å². The SMILES string of the molecule is CON=C1CCCN(OC(=O)C(C)(C)C)C1. The van der Waals surface area contributed by atoms with Gasteiger partial charge in [0.2, 0.25) is 0 Å². The molecule has 1 saturated heterocycles. The van der Waals surface area contributed by atoms with E-state index in [-0.39, 0.29) is 5.97 Å². The van der Waals surface area contributed by atoms with E-state index in [0.717, 1.165) is 25.1 Å². The second-order valence-electron chi connectivity index (χ2n) is 4.94. The van der Waals surface area contributed by atoms with Crippen LogP contribution < -0.4 is 0 Å². The highest BCUT2D eigenvalue weighted by atomic mass is 16.7. The summed E-state index contributed by atoms with van der Waals surface area (Å²) in [5.41, 5.74) is 0.436. The van der Waals surface area contributed by atoms with Crippen molar-refractivity contribution in [3.8, 4) is 0 Å². The van der Waals surface area contributed by atoms with Crippen molar-refractivity contribution < 1.29 is 14.5 Å². The molecule has 0 bridgehead atoms. The molecule has 0 aromatic carbocycles. The molecular weight excluding hydrogens is 208 g/mol. The second kappa shape index (κ2) is 5.30. The van der Waals surface area contributed by atoms with Gasteiger partial charge in [-0.3, -0.25) is 0 Å². The number of rotatable bonds is 2. The van der Waals surface area contributed by atoms with Gasteiger partial charge in [0.15, 0.2) is 0 Å². The third kappa shape index (κ3) is 3.81. The van der Waals surface area contributed by atoms with Gasteiger partial charge in [0.05, 0.1) is 17.7 Å². The molecule has 0 unspecified atom stereocenters. The van der Waals surface area contributed by atoms with Crippen LogP contribution in [0.15, 0.2) is 5.16 Å². The highest BCUT2D eigenvalue weighted by molar-refractivity contribution is 5.86. The molecule has 0 N–H and O–H groups in total. The summed E-state index contributed by atoms with van der Waals surface area (Å²) in [6.45, 7) is 6.80. The van der Waals surface area contributed by atoms with Crippen LogP contribution in [0.25, 0.3) is 0 Å². The van der Waals surface area contributed by atoms with Gasteiger partial charge in [0, 0.05) is 6.54 Å². The molecule has 0 aromatic heterocycles. The maximum absolute atomic E-state index is 11.7. The van der Waals surface area contributed by atoms with E-state index in [1.165, 1.54) is 7.11 Å². The molecule has 0 radical (unpaired) electrons. The predicted molar refractivity (Wildman–Crippen MR) is 60.8 cm³/mol. The van der Waals surface area contributed by atoms with Crippen LogP contribution >= 0.6 is 0 Å². The van der Waals surface area contributed by atoms with Crippen molar-refractivity contribution in [1.29, 1.82) is 0 Å². The van der Waals surface area contributed by atoms with Crippen LogP contribution in [0.5, 0.6) is 0 Å². The van der Waals surface area contributed by atoms with Gasteiger partial charge in [-0.1, -0.05) is 5.16 Å². The molecule has 5 heteroatoms. The van der Waals surface area contributed by atoms with Crippen LogP contribution in [-0.4, -0.2) is 36.9 Å². The highest BCUT2D eigenvalue weighted by Gasteiger charge is 2.27. The molecule has 92 valence electrons. The molecule has 0 atom stereocenters. The number of piperidine rings is 1. The minimum Gasteiger partial charge on any atom is -0.399 e. The summed E-state index contributed by atoms with van der Waals surface area (Å²) in [5, 5.41) is 5.53. The van der Waals surface area contributed by atoms with Gasteiger partial charge in [0.1, 0.15) is 7.11 Å². The smallest absolute Gasteiger partial charge is 0.330 e. The Kier molecular flexibility index (Phi) is 4.29. The Bertz CT molecular complexity index is 281. The molecule has 16 heavy (non-hydrogen) atoms. The molecule has 1 heterocycles. The van der Waals surface area contributed by atoms with Crippen LogP contribution in [-0.2, 0) is 14.5 Å². The summed E-state index contributed by atoms with van der Waals surface area (Å²) in [6.07, 6.45) is 1.83. The van der Waals surface area contributed by atoms with Crippen LogP contribution in [0, 0.1) is 5.41 Å². The summed E-state index contributed by atoms with van der Waals surface area (Å²) in [4.78, 5) is 21.7. The molecule has 0 saturated carbocycles. The number of oxime groups is 1. The van der Waals surface area contributed by atoms with E-state index in [0.29, 0.717) is 6.54 Å². The highest BCUT2D eigenvalue weighted by Crippen LogP contribution is 2.17. The van der Waals surface area contributed by atoms with E-state index in [1.54, 1.807) is 5.06 Å². The Morgan fingerprint density at radius 3 is 2.69 bits per heavy atom. The summed E-state index contributed by atoms with van der Waals surface area (Å²) in [7, 11) is 1.52. The Balaban J connectivity index is 2.49. The fourth-order valence-corrected chi connectivity index (χ4v) is 1.36. The lowest BCUT2D eigenvalue weighted by Crippen LogP contribution is -2.40. The lowest BCUT2D eigenvalue weighted by atomic mass is 9.98. The maximum atomic E-state index is 11.7. The van der Waals surface area contributed by atoms with Crippen LogP contribution in [0.4, 0.5) is 0 Å². The fourth-order valence-electron chi connectivity index (χ4n) is 1.36. The van der Waals surface area contributed by atoms with E-state index in [9.17, 15) is 4.79 Å². The summed E-state index contributed by atoms with van der Waals surface area (Å²) in [5.74, 6) is -0.217. The number of hydrogen-bond acceptors (Lipinski definition) is 5. The van der Waals surface area contributed by atoms with Gasteiger partial charge < -0.3 is 9.68 Å². The summed E-state index contributed by atoms with van der Waals surface area (Å²) < 4.78 is 0. The third-order valence-electron chi connectivity index (χ3n) is 2.28. The van der Waals surface area contributed by atoms with E-state index in [4.69, 9.17) is 9.68 Å². The van der Waals surface area contributed by atoms with Gasteiger partial charge >= 0.3 is 5.97 Å². The van der Waals surface area contributed by atoms with E-state index < -0.39 is 5.41 Å². The Morgan fingerprint density at radius 2 is 2.12 bits per heavy atom. The average molecular weight is 228 g/mol. The molecule has 1 aliphatic rings. The molecule has 0 amide bonds. The second-order valence-corrected chi connectivity index (χ2v) is 4.94. The van der Waals surface area contributed by atoms with Crippen molar-refractivity contribution in [2.24, 2.45) is 10.6 Å². The lowest BCUT2D eigenvalue weighted by molar-refractivity contribution is -0.198. The van der Waals surface area contributed by atoms with Gasteiger partial charge in [0.25, 0.3) is 0 Å². The quantitative estimate of drug-likeness (QED) is 0.673. The number of nitrogens with zero attached hydrogens (tertiary/aromatic N) is 2. The zero-order valence-electron chi connectivity index (χ0n) is 10.4. The first kappa shape index (κ1) is 13.0. The fraction of sp³-hybridized carbons (Fsp3) is 0.818. The van der Waals surface area contributed by atoms with Gasteiger partial charge in [-0.15, -0.1) is 5.06 Å². The summed E-state index contributed by atoms with van der Waals surface area (Å²) >= 11 is 0. The first-order valence-corrected chi connectivity index (χ1v) is 5.49. The number of carbonyl (C=O) groups is 1. The minimum absolute atomic E-state index is 0.217. The molecular formula is C11H20N2O3. The standard InChI is InChI=1S/C11H20N2O3/c1-11(2,3)10(14)16-13-7-5-6-9(8-13)12-15-4/h5-8H2,1-4H3. The third-order valence-corrected chi connectivity index (χ3v) is 2.28. The first-order valence-electron chi connectivity index (χ1n) is 5.49. The van der Waals surface area contributed by atoms with Crippen LogP contribution in [0.2, 0.25) is 0 Å². The molecule has 0 aromatic rings. The van der Waals surface area contributed by atoms with Crippen LogP contribution in [0.3, 0.4) is 0 Å². The van der Waals surface area contributed by atoms with Gasteiger partial charge in [-0.05, 0) is 33.6 Å².